The highest BCUT2D eigenvalue weighted by Crippen LogP contribution is 2.22. The maximum atomic E-state index is 12.7. The molecule has 1 amide bonds. The number of carbonyl (C=O) groups excluding carboxylic acids is 1. The first-order chi connectivity index (χ1) is 14.3. The Balaban J connectivity index is 1.32. The Hall–Kier alpha value is -2.18. The summed E-state index contributed by atoms with van der Waals surface area (Å²) >= 11 is 2.01. The van der Waals surface area contributed by atoms with Gasteiger partial charge in [-0.15, -0.1) is 0 Å². The van der Waals surface area contributed by atoms with Crippen molar-refractivity contribution < 1.29 is 14.3 Å². The molecule has 2 aliphatic heterocycles. The van der Waals surface area contributed by atoms with E-state index < -0.39 is 0 Å². The second-order valence-corrected chi connectivity index (χ2v) is 8.62. The molecule has 0 aromatic heterocycles. The number of benzene rings is 2. The van der Waals surface area contributed by atoms with Crippen LogP contribution in [0.2, 0.25) is 0 Å². The summed E-state index contributed by atoms with van der Waals surface area (Å²) < 4.78 is 11.5. The molecule has 0 spiro atoms. The Morgan fingerprint density at radius 2 is 1.93 bits per heavy atom. The Morgan fingerprint density at radius 1 is 1.14 bits per heavy atom. The molecule has 29 heavy (non-hydrogen) atoms. The van der Waals surface area contributed by atoms with E-state index in [0.29, 0.717) is 24.5 Å². The molecule has 0 radical (unpaired) electrons. The van der Waals surface area contributed by atoms with Crippen molar-refractivity contribution >= 4 is 23.4 Å². The van der Waals surface area contributed by atoms with Gasteiger partial charge in [-0.1, -0.05) is 24.3 Å². The quantitative estimate of drug-likeness (QED) is 0.751. The van der Waals surface area contributed by atoms with E-state index in [9.17, 15) is 4.79 Å². The van der Waals surface area contributed by atoms with Crippen LogP contribution in [0.4, 0.5) is 5.69 Å². The van der Waals surface area contributed by atoms with Gasteiger partial charge in [-0.25, -0.2) is 0 Å². The van der Waals surface area contributed by atoms with Crippen LogP contribution in [0.15, 0.2) is 48.5 Å². The number of nitrogens with zero attached hydrogens (tertiary/aromatic N) is 1. The monoisotopic (exact) mass is 412 g/mol. The Labute approximate surface area is 176 Å². The predicted octanol–water partition coefficient (Wildman–Crippen LogP) is 3.73. The molecule has 6 heteroatoms. The summed E-state index contributed by atoms with van der Waals surface area (Å²) in [7, 11) is 0. The van der Waals surface area contributed by atoms with E-state index in [1.165, 1.54) is 17.2 Å². The highest BCUT2D eigenvalue weighted by Gasteiger charge is 2.18. The zero-order valence-electron chi connectivity index (χ0n) is 16.6. The van der Waals surface area contributed by atoms with Gasteiger partial charge in [0, 0.05) is 43.4 Å². The lowest BCUT2D eigenvalue weighted by Gasteiger charge is -2.28. The standard InChI is InChI=1S/C23H28N2O3S/c26-23(21-5-1-2-6-22(21)28-17-20-4-3-13-27-20)24-16-18-7-9-19(10-8-18)25-11-14-29-15-12-25/h1-2,5-10,20H,3-4,11-17H2,(H,24,26). The highest BCUT2D eigenvalue weighted by atomic mass is 32.2. The van der Waals surface area contributed by atoms with Gasteiger partial charge in [-0.05, 0) is 42.7 Å². The molecule has 2 fully saturated rings. The summed E-state index contributed by atoms with van der Waals surface area (Å²) in [6.07, 6.45) is 2.22. The number of carbonyl (C=O) groups is 1. The number of para-hydroxylation sites is 1. The molecule has 0 bridgehead atoms. The van der Waals surface area contributed by atoms with E-state index in [-0.39, 0.29) is 12.0 Å². The van der Waals surface area contributed by atoms with Gasteiger partial charge in [0.1, 0.15) is 12.4 Å². The molecule has 2 heterocycles. The molecule has 2 aliphatic rings. The van der Waals surface area contributed by atoms with Crippen LogP contribution in [-0.4, -0.2) is 49.8 Å². The van der Waals surface area contributed by atoms with E-state index in [1.807, 2.05) is 30.0 Å². The van der Waals surface area contributed by atoms with Gasteiger partial charge in [0.05, 0.1) is 11.7 Å². The van der Waals surface area contributed by atoms with Gasteiger partial charge < -0.3 is 19.7 Å². The van der Waals surface area contributed by atoms with Crippen LogP contribution in [0.1, 0.15) is 28.8 Å². The van der Waals surface area contributed by atoms with Gasteiger partial charge in [0.2, 0.25) is 0 Å². The van der Waals surface area contributed by atoms with Crippen LogP contribution in [-0.2, 0) is 11.3 Å². The number of thioether (sulfide) groups is 1. The van der Waals surface area contributed by atoms with Crippen LogP contribution in [0, 0.1) is 0 Å². The van der Waals surface area contributed by atoms with Crippen LogP contribution in [0.5, 0.6) is 5.75 Å². The summed E-state index contributed by atoms with van der Waals surface area (Å²) in [6.45, 7) is 3.98. The number of ether oxygens (including phenoxy) is 2. The smallest absolute Gasteiger partial charge is 0.255 e. The Bertz CT molecular complexity index is 800. The zero-order chi connectivity index (χ0) is 19.9. The first-order valence-electron chi connectivity index (χ1n) is 10.3. The molecule has 2 aromatic carbocycles. The zero-order valence-corrected chi connectivity index (χ0v) is 17.5. The Morgan fingerprint density at radius 3 is 2.69 bits per heavy atom. The van der Waals surface area contributed by atoms with Crippen molar-refractivity contribution in [1.82, 2.24) is 5.32 Å². The van der Waals surface area contributed by atoms with Gasteiger partial charge in [0.25, 0.3) is 5.91 Å². The predicted molar refractivity (Wildman–Crippen MR) is 118 cm³/mol. The second kappa shape index (κ2) is 10.0. The molecule has 2 aromatic rings. The van der Waals surface area contributed by atoms with E-state index in [2.05, 4.69) is 34.5 Å². The van der Waals surface area contributed by atoms with Crippen LogP contribution in [0.25, 0.3) is 0 Å². The minimum atomic E-state index is -0.120. The van der Waals surface area contributed by atoms with Gasteiger partial charge in [-0.3, -0.25) is 4.79 Å². The molecular formula is C23H28N2O3S. The van der Waals surface area contributed by atoms with E-state index >= 15 is 0 Å². The Kier molecular flexibility index (Phi) is 6.96. The normalized spacial score (nSPS) is 19.2. The third-order valence-electron chi connectivity index (χ3n) is 5.35. The lowest BCUT2D eigenvalue weighted by molar-refractivity contribution is 0.0670. The molecule has 0 saturated carbocycles. The lowest BCUT2D eigenvalue weighted by Crippen LogP contribution is -2.32. The molecule has 1 atom stereocenters. The number of amides is 1. The van der Waals surface area contributed by atoms with Crippen molar-refractivity contribution in [1.29, 1.82) is 0 Å². The van der Waals surface area contributed by atoms with Crippen molar-refractivity contribution in [2.75, 3.05) is 42.7 Å². The van der Waals surface area contributed by atoms with Crippen LogP contribution < -0.4 is 15.0 Å². The number of nitrogens with one attached hydrogen (secondary N) is 1. The second-order valence-electron chi connectivity index (χ2n) is 7.39. The third-order valence-corrected chi connectivity index (χ3v) is 6.29. The molecule has 4 rings (SSSR count). The van der Waals surface area contributed by atoms with Crippen molar-refractivity contribution in [2.24, 2.45) is 0 Å². The highest BCUT2D eigenvalue weighted by molar-refractivity contribution is 7.99. The van der Waals surface area contributed by atoms with Crippen molar-refractivity contribution in [3.63, 3.8) is 0 Å². The molecule has 154 valence electrons. The van der Waals surface area contributed by atoms with Crippen LogP contribution >= 0.6 is 11.8 Å². The average molecular weight is 413 g/mol. The molecule has 0 aliphatic carbocycles. The van der Waals surface area contributed by atoms with Gasteiger partial charge >= 0.3 is 0 Å². The SMILES string of the molecule is O=C(NCc1ccc(N2CCSCC2)cc1)c1ccccc1OCC1CCCO1. The first-order valence-corrected chi connectivity index (χ1v) is 11.5. The van der Waals surface area contributed by atoms with Crippen molar-refractivity contribution in [2.45, 2.75) is 25.5 Å². The average Bonchev–Trinajstić information content (AvgIpc) is 3.31. The minimum absolute atomic E-state index is 0.120. The first kappa shape index (κ1) is 20.1. The largest absolute Gasteiger partial charge is 0.490 e. The summed E-state index contributed by atoms with van der Waals surface area (Å²) in [5.41, 5.74) is 2.91. The van der Waals surface area contributed by atoms with Crippen molar-refractivity contribution in [3.05, 3.63) is 59.7 Å². The van der Waals surface area contributed by atoms with E-state index in [1.54, 1.807) is 6.07 Å². The van der Waals surface area contributed by atoms with Crippen molar-refractivity contribution in [3.8, 4) is 5.75 Å². The van der Waals surface area contributed by atoms with E-state index in [4.69, 9.17) is 9.47 Å². The maximum Gasteiger partial charge on any atom is 0.255 e. The van der Waals surface area contributed by atoms with Gasteiger partial charge in [0.15, 0.2) is 0 Å². The van der Waals surface area contributed by atoms with Crippen LogP contribution in [0.3, 0.4) is 0 Å². The number of rotatable bonds is 7. The fraction of sp³-hybridized carbons (Fsp3) is 0.435. The molecular weight excluding hydrogens is 384 g/mol. The lowest BCUT2D eigenvalue weighted by atomic mass is 10.1. The number of hydrogen-bond donors (Lipinski definition) is 1. The molecule has 1 unspecified atom stereocenters. The summed E-state index contributed by atoms with van der Waals surface area (Å²) in [4.78, 5) is 15.1. The minimum Gasteiger partial charge on any atom is -0.490 e. The van der Waals surface area contributed by atoms with E-state index in [0.717, 1.165) is 38.1 Å². The molecule has 1 N–H and O–H groups in total. The summed E-state index contributed by atoms with van der Waals surface area (Å²) in [5, 5.41) is 3.02. The molecule has 2 saturated heterocycles. The fourth-order valence-corrected chi connectivity index (χ4v) is 4.57. The third kappa shape index (κ3) is 5.46. The topological polar surface area (TPSA) is 50.8 Å². The molecule has 5 nitrogen and oxygen atoms in total. The summed E-state index contributed by atoms with van der Waals surface area (Å²) in [6, 6.07) is 15.9. The number of anilines is 1. The number of hydrogen-bond acceptors (Lipinski definition) is 5. The summed E-state index contributed by atoms with van der Waals surface area (Å²) in [5.74, 6) is 2.86. The fourth-order valence-electron chi connectivity index (χ4n) is 3.66. The maximum absolute atomic E-state index is 12.7. The van der Waals surface area contributed by atoms with Gasteiger partial charge in [-0.2, -0.15) is 11.8 Å².